The number of nitriles is 1. The van der Waals surface area contributed by atoms with E-state index < -0.39 is 0 Å². The van der Waals surface area contributed by atoms with Gasteiger partial charge < -0.3 is 15.6 Å². The van der Waals surface area contributed by atoms with Crippen LogP contribution in [0.2, 0.25) is 10.0 Å². The highest BCUT2D eigenvalue weighted by atomic mass is 35.5. The van der Waals surface area contributed by atoms with E-state index in [9.17, 15) is 10.1 Å². The molecule has 4 aromatic rings. The first kappa shape index (κ1) is 23.1. The topological polar surface area (TPSA) is 98.8 Å². The molecule has 3 N–H and O–H groups in total. The zero-order valence-electron chi connectivity index (χ0n) is 18.6. The van der Waals surface area contributed by atoms with E-state index in [-0.39, 0.29) is 11.9 Å². The molecule has 1 fully saturated rings. The molecule has 0 saturated carbocycles. The van der Waals surface area contributed by atoms with Crippen molar-refractivity contribution in [3.8, 4) is 17.2 Å². The summed E-state index contributed by atoms with van der Waals surface area (Å²) < 4.78 is 0. The van der Waals surface area contributed by atoms with Crippen LogP contribution in [-0.4, -0.2) is 39.9 Å². The molecule has 1 saturated heterocycles. The van der Waals surface area contributed by atoms with E-state index in [2.05, 4.69) is 16.0 Å². The Bertz CT molecular complexity index is 1480. The predicted molar refractivity (Wildman–Crippen MR) is 140 cm³/mol. The maximum Gasteiger partial charge on any atom is 0.253 e. The van der Waals surface area contributed by atoms with Crippen LogP contribution in [0, 0.1) is 11.3 Å². The van der Waals surface area contributed by atoms with Gasteiger partial charge in [-0.05, 0) is 48.4 Å². The molecule has 5 rings (SSSR count). The van der Waals surface area contributed by atoms with Gasteiger partial charge in [0.2, 0.25) is 0 Å². The molecule has 0 radical (unpaired) electrons. The van der Waals surface area contributed by atoms with Crippen molar-refractivity contribution in [1.82, 2.24) is 14.9 Å². The maximum atomic E-state index is 12.7. The number of likely N-dealkylation sites (tertiary alicyclic amines) is 1. The highest BCUT2D eigenvalue weighted by molar-refractivity contribution is 6.38. The first-order valence-electron chi connectivity index (χ1n) is 11.1. The second kappa shape index (κ2) is 9.55. The Kier molecular flexibility index (Phi) is 6.31. The molecular formula is C27H21Cl2N5O. The minimum absolute atomic E-state index is 0.00148. The van der Waals surface area contributed by atoms with E-state index in [4.69, 9.17) is 28.9 Å². The summed E-state index contributed by atoms with van der Waals surface area (Å²) in [5.41, 5.74) is 10.7. The van der Waals surface area contributed by atoms with Gasteiger partial charge in [0.1, 0.15) is 5.65 Å². The van der Waals surface area contributed by atoms with E-state index in [1.165, 1.54) is 0 Å². The lowest BCUT2D eigenvalue weighted by Crippen LogP contribution is -2.31. The number of nitrogens with two attached hydrogens (primary N) is 1. The lowest BCUT2D eigenvalue weighted by molar-refractivity contribution is 0.0791. The molecule has 3 heterocycles. The van der Waals surface area contributed by atoms with Crippen molar-refractivity contribution in [3.05, 3.63) is 87.7 Å². The number of aromatic nitrogens is 2. The lowest BCUT2D eigenvalue weighted by Gasteiger charge is -2.16. The Morgan fingerprint density at radius 3 is 2.57 bits per heavy atom. The van der Waals surface area contributed by atoms with Gasteiger partial charge in [0.05, 0.1) is 21.7 Å². The first-order chi connectivity index (χ1) is 16.9. The summed E-state index contributed by atoms with van der Waals surface area (Å²) in [4.78, 5) is 22.2. The third-order valence-corrected chi connectivity index (χ3v) is 6.82. The van der Waals surface area contributed by atoms with Gasteiger partial charge in [-0.3, -0.25) is 4.79 Å². The number of nitrogens with zero attached hydrogens (tertiary/aromatic N) is 3. The van der Waals surface area contributed by atoms with Gasteiger partial charge in [0, 0.05) is 59.2 Å². The van der Waals surface area contributed by atoms with Gasteiger partial charge in [-0.2, -0.15) is 5.26 Å². The highest BCUT2D eigenvalue weighted by Crippen LogP contribution is 2.33. The van der Waals surface area contributed by atoms with E-state index in [0.29, 0.717) is 45.5 Å². The predicted octanol–water partition coefficient (Wildman–Crippen LogP) is 5.77. The molecule has 174 valence electrons. The number of amides is 1. The maximum absolute atomic E-state index is 12.7. The van der Waals surface area contributed by atoms with Crippen LogP contribution < -0.4 is 5.73 Å². The summed E-state index contributed by atoms with van der Waals surface area (Å²) in [5, 5.41) is 11.5. The van der Waals surface area contributed by atoms with Crippen LogP contribution in [0.5, 0.6) is 0 Å². The van der Waals surface area contributed by atoms with Crippen molar-refractivity contribution in [1.29, 1.82) is 5.26 Å². The molecule has 0 bridgehead atoms. The van der Waals surface area contributed by atoms with Crippen LogP contribution in [0.4, 0.5) is 0 Å². The number of rotatable bonds is 4. The number of halogens is 2. The monoisotopic (exact) mass is 501 g/mol. The van der Waals surface area contributed by atoms with Crippen LogP contribution in [0.25, 0.3) is 33.8 Å². The van der Waals surface area contributed by atoms with Crippen molar-refractivity contribution in [2.24, 2.45) is 5.73 Å². The molecular weight excluding hydrogens is 481 g/mol. The van der Waals surface area contributed by atoms with E-state index >= 15 is 0 Å². The van der Waals surface area contributed by atoms with E-state index in [1.54, 1.807) is 41.6 Å². The molecule has 2 aromatic carbocycles. The average Bonchev–Trinajstić information content (AvgIpc) is 3.48. The third kappa shape index (κ3) is 4.54. The number of benzene rings is 2. The van der Waals surface area contributed by atoms with Crippen LogP contribution in [0.3, 0.4) is 0 Å². The van der Waals surface area contributed by atoms with Crippen LogP contribution in [0.15, 0.2) is 60.9 Å². The van der Waals surface area contributed by atoms with Crippen molar-refractivity contribution in [2.75, 3.05) is 13.1 Å². The van der Waals surface area contributed by atoms with Gasteiger partial charge in [-0.15, -0.1) is 0 Å². The van der Waals surface area contributed by atoms with Crippen LogP contribution in [0.1, 0.15) is 27.9 Å². The number of allylic oxidation sites excluding steroid dienone is 1. The van der Waals surface area contributed by atoms with Gasteiger partial charge in [0.25, 0.3) is 5.91 Å². The second-order valence-corrected chi connectivity index (χ2v) is 9.32. The molecule has 8 heteroatoms. The molecule has 1 atom stereocenters. The van der Waals surface area contributed by atoms with Gasteiger partial charge >= 0.3 is 0 Å². The van der Waals surface area contributed by atoms with Gasteiger partial charge in [-0.1, -0.05) is 41.4 Å². The second-order valence-electron chi connectivity index (χ2n) is 8.51. The largest absolute Gasteiger partial charge is 0.346 e. The number of carbonyl (C=O) groups excluding carboxylic acids is 1. The Labute approximate surface area is 212 Å². The van der Waals surface area contributed by atoms with E-state index in [0.717, 1.165) is 28.5 Å². The molecule has 35 heavy (non-hydrogen) atoms. The lowest BCUT2D eigenvalue weighted by atomic mass is 10.0. The molecule has 1 amide bonds. The molecule has 1 aliphatic rings. The zero-order valence-corrected chi connectivity index (χ0v) is 20.1. The average molecular weight is 502 g/mol. The number of pyridine rings is 1. The SMILES string of the molecule is N#C/C(=C\c1c[nH]c2ncc(-c3ccc(C(=O)N4CCC(N)C4)cc3)cc12)c1c(Cl)cccc1Cl. The summed E-state index contributed by atoms with van der Waals surface area (Å²) in [5.74, 6) is -0.00148. The Morgan fingerprint density at radius 2 is 1.91 bits per heavy atom. The summed E-state index contributed by atoms with van der Waals surface area (Å²) in [6, 6.07) is 16.9. The molecule has 6 nitrogen and oxygen atoms in total. The fourth-order valence-electron chi connectivity index (χ4n) is 4.33. The van der Waals surface area contributed by atoms with Crippen molar-refractivity contribution >= 4 is 51.8 Å². The minimum Gasteiger partial charge on any atom is -0.346 e. The number of hydrogen-bond donors (Lipinski definition) is 2. The molecule has 0 spiro atoms. The highest BCUT2D eigenvalue weighted by Gasteiger charge is 2.24. The van der Waals surface area contributed by atoms with Gasteiger partial charge in [-0.25, -0.2) is 4.98 Å². The number of carbonyl (C=O) groups is 1. The van der Waals surface area contributed by atoms with Crippen molar-refractivity contribution < 1.29 is 4.79 Å². The molecule has 1 aliphatic heterocycles. The van der Waals surface area contributed by atoms with Gasteiger partial charge in [0.15, 0.2) is 0 Å². The quantitative estimate of drug-likeness (QED) is 0.346. The van der Waals surface area contributed by atoms with Crippen LogP contribution in [-0.2, 0) is 0 Å². The fourth-order valence-corrected chi connectivity index (χ4v) is 4.93. The summed E-state index contributed by atoms with van der Waals surface area (Å²) >= 11 is 12.6. The Morgan fingerprint density at radius 1 is 1.17 bits per heavy atom. The molecule has 2 aromatic heterocycles. The summed E-state index contributed by atoms with van der Waals surface area (Å²) in [7, 11) is 0. The van der Waals surface area contributed by atoms with Crippen molar-refractivity contribution in [3.63, 3.8) is 0 Å². The minimum atomic E-state index is -0.00148. The standard InChI is InChI=1S/C27H21Cl2N5O/c28-23-2-1-3-24(29)25(23)18(12-30)10-20-14-33-26-22(20)11-19(13-32-26)16-4-6-17(7-5-16)27(35)34-9-8-21(31)15-34/h1-7,10-11,13-14,21H,8-9,15,31H2,(H,32,33)/b18-10+. The normalized spacial score (nSPS) is 16.0. The first-order valence-corrected chi connectivity index (χ1v) is 11.9. The summed E-state index contributed by atoms with van der Waals surface area (Å²) in [6.45, 7) is 1.28. The Hall–Kier alpha value is -3.63. The van der Waals surface area contributed by atoms with E-state index in [1.807, 2.05) is 30.3 Å². The smallest absolute Gasteiger partial charge is 0.253 e. The Balaban J connectivity index is 1.47. The van der Waals surface area contributed by atoms with Crippen molar-refractivity contribution in [2.45, 2.75) is 12.5 Å². The fraction of sp³-hybridized carbons (Fsp3) is 0.148. The summed E-state index contributed by atoms with van der Waals surface area (Å²) in [6.07, 6.45) is 6.16. The number of aromatic amines is 1. The van der Waals surface area contributed by atoms with Crippen LogP contribution >= 0.6 is 23.2 Å². The molecule has 0 aliphatic carbocycles. The third-order valence-electron chi connectivity index (χ3n) is 6.19. The number of H-pyrrole nitrogens is 1. The number of fused-ring (bicyclic) bond motifs is 1. The number of nitrogens with one attached hydrogen (secondary N) is 1. The zero-order chi connectivity index (χ0) is 24.5. The number of hydrogen-bond acceptors (Lipinski definition) is 4. The molecule has 1 unspecified atom stereocenters.